The number of benzene rings is 1. The lowest BCUT2D eigenvalue weighted by atomic mass is 9.97. The van der Waals surface area contributed by atoms with E-state index < -0.39 is 19.9 Å². The first-order valence-electron chi connectivity index (χ1n) is 9.76. The molecule has 0 spiro atoms. The second-order valence-corrected chi connectivity index (χ2v) is 13.1. The van der Waals surface area contributed by atoms with E-state index in [-0.39, 0.29) is 34.7 Å². The van der Waals surface area contributed by atoms with Crippen molar-refractivity contribution in [1.82, 2.24) is 9.29 Å². The Bertz CT molecular complexity index is 1320. The maximum absolute atomic E-state index is 13.1. The van der Waals surface area contributed by atoms with Crippen LogP contribution in [-0.4, -0.2) is 51.4 Å². The molecule has 1 amide bonds. The smallest absolute Gasteiger partial charge is 0.244 e. The van der Waals surface area contributed by atoms with Crippen LogP contribution in [0.4, 0.5) is 5.13 Å². The summed E-state index contributed by atoms with van der Waals surface area (Å²) in [5.41, 5.74) is 0.811. The number of amides is 1. The number of sulfonamides is 1. The van der Waals surface area contributed by atoms with Crippen molar-refractivity contribution in [3.8, 4) is 10.6 Å². The van der Waals surface area contributed by atoms with Gasteiger partial charge in [0.05, 0.1) is 15.5 Å². The first-order chi connectivity index (χ1) is 15.2. The number of thiazole rings is 1. The molecule has 32 heavy (non-hydrogen) atoms. The standard InChI is InChI=1S/C20H21N3O5S4/c1-31(25,26)17-6-2-3-7-18(17)32(27,28)23-10-8-14(9-11-23)19(24)22-20-21-15(13-30-20)16-5-4-12-29-16/h2-7,12-14H,8-11H2,1H3,(H,21,22,24). The van der Waals surface area contributed by atoms with Crippen molar-refractivity contribution < 1.29 is 21.6 Å². The van der Waals surface area contributed by atoms with Gasteiger partial charge >= 0.3 is 0 Å². The number of sulfone groups is 1. The molecule has 8 nitrogen and oxygen atoms in total. The second-order valence-electron chi connectivity index (χ2n) is 7.40. The predicted molar refractivity (Wildman–Crippen MR) is 125 cm³/mol. The van der Waals surface area contributed by atoms with E-state index >= 15 is 0 Å². The molecule has 1 fully saturated rings. The van der Waals surface area contributed by atoms with Gasteiger partial charge in [-0.3, -0.25) is 4.79 Å². The predicted octanol–water partition coefficient (Wildman–Crippen LogP) is 3.31. The van der Waals surface area contributed by atoms with E-state index in [4.69, 9.17) is 0 Å². The summed E-state index contributed by atoms with van der Waals surface area (Å²) in [5.74, 6) is -0.536. The van der Waals surface area contributed by atoms with E-state index in [2.05, 4.69) is 10.3 Å². The molecule has 0 radical (unpaired) electrons. The van der Waals surface area contributed by atoms with Crippen molar-refractivity contribution in [3.63, 3.8) is 0 Å². The number of hydrogen-bond donors (Lipinski definition) is 1. The first-order valence-corrected chi connectivity index (χ1v) is 14.8. The van der Waals surface area contributed by atoms with E-state index in [0.717, 1.165) is 16.8 Å². The summed E-state index contributed by atoms with van der Waals surface area (Å²) in [4.78, 5) is 17.7. The molecule has 12 heteroatoms. The van der Waals surface area contributed by atoms with Gasteiger partial charge in [0.15, 0.2) is 15.0 Å². The maximum Gasteiger partial charge on any atom is 0.244 e. The molecular weight excluding hydrogens is 491 g/mol. The van der Waals surface area contributed by atoms with Gasteiger partial charge in [-0.25, -0.2) is 21.8 Å². The minimum Gasteiger partial charge on any atom is -0.302 e. The van der Waals surface area contributed by atoms with Crippen molar-refractivity contribution >= 4 is 53.6 Å². The average molecular weight is 512 g/mol. The maximum atomic E-state index is 13.1. The number of thiophene rings is 1. The van der Waals surface area contributed by atoms with Crippen LogP contribution in [0.15, 0.2) is 56.9 Å². The summed E-state index contributed by atoms with van der Waals surface area (Å²) in [6, 6.07) is 9.49. The fraction of sp³-hybridized carbons (Fsp3) is 0.300. The molecule has 1 saturated heterocycles. The van der Waals surface area contributed by atoms with Crippen LogP contribution >= 0.6 is 22.7 Å². The lowest BCUT2D eigenvalue weighted by Gasteiger charge is -2.30. The fourth-order valence-corrected chi connectivity index (χ4v) is 8.09. The number of anilines is 1. The minimum absolute atomic E-state index is 0.136. The molecule has 1 aliphatic heterocycles. The molecule has 2 aromatic heterocycles. The van der Waals surface area contributed by atoms with Crippen LogP contribution in [0.3, 0.4) is 0 Å². The Morgan fingerprint density at radius 1 is 1.03 bits per heavy atom. The average Bonchev–Trinajstić information content (AvgIpc) is 3.45. The Morgan fingerprint density at radius 2 is 1.72 bits per heavy atom. The van der Waals surface area contributed by atoms with Gasteiger partial charge < -0.3 is 5.32 Å². The molecule has 1 N–H and O–H groups in total. The summed E-state index contributed by atoms with van der Waals surface area (Å²) in [5, 5.41) is 7.19. The van der Waals surface area contributed by atoms with Crippen molar-refractivity contribution in [3.05, 3.63) is 47.2 Å². The molecule has 3 heterocycles. The molecule has 0 aliphatic carbocycles. The van der Waals surface area contributed by atoms with E-state index in [1.165, 1.54) is 39.9 Å². The van der Waals surface area contributed by atoms with E-state index in [1.54, 1.807) is 11.3 Å². The van der Waals surface area contributed by atoms with Gasteiger partial charge in [0.25, 0.3) is 0 Å². The van der Waals surface area contributed by atoms with Crippen molar-refractivity contribution in [2.75, 3.05) is 24.7 Å². The number of nitrogens with one attached hydrogen (secondary N) is 1. The third kappa shape index (κ3) is 4.79. The monoisotopic (exact) mass is 511 g/mol. The van der Waals surface area contributed by atoms with Crippen molar-refractivity contribution in [2.24, 2.45) is 5.92 Å². The Morgan fingerprint density at radius 3 is 2.34 bits per heavy atom. The largest absolute Gasteiger partial charge is 0.302 e. The van der Waals surface area contributed by atoms with E-state index in [1.807, 2.05) is 22.9 Å². The van der Waals surface area contributed by atoms with Crippen molar-refractivity contribution in [2.45, 2.75) is 22.6 Å². The minimum atomic E-state index is -3.99. The first kappa shape index (κ1) is 23.1. The van der Waals surface area contributed by atoms with Gasteiger partial charge in [0.2, 0.25) is 15.9 Å². The summed E-state index contributed by atoms with van der Waals surface area (Å²) < 4.78 is 51.5. The van der Waals surface area contributed by atoms with Crippen LogP contribution in [0, 0.1) is 5.92 Å². The van der Waals surface area contributed by atoms with Crippen LogP contribution in [0.5, 0.6) is 0 Å². The topological polar surface area (TPSA) is 114 Å². The molecule has 0 atom stereocenters. The molecule has 1 aliphatic rings. The number of rotatable bonds is 6. The van der Waals surface area contributed by atoms with E-state index in [9.17, 15) is 21.6 Å². The third-order valence-electron chi connectivity index (χ3n) is 5.20. The molecule has 0 unspecified atom stereocenters. The number of nitrogens with zero attached hydrogens (tertiary/aromatic N) is 2. The zero-order valence-electron chi connectivity index (χ0n) is 17.1. The number of aromatic nitrogens is 1. The van der Waals surface area contributed by atoms with Crippen LogP contribution in [0.2, 0.25) is 0 Å². The van der Waals surface area contributed by atoms with Gasteiger partial charge in [-0.15, -0.1) is 22.7 Å². The second kappa shape index (κ2) is 9.02. The highest BCUT2D eigenvalue weighted by Gasteiger charge is 2.34. The Hall–Kier alpha value is -2.12. The third-order valence-corrected chi connectivity index (χ3v) is 10.1. The highest BCUT2D eigenvalue weighted by Crippen LogP contribution is 2.31. The summed E-state index contributed by atoms with van der Waals surface area (Å²) in [7, 11) is -7.70. The normalized spacial score (nSPS) is 16.2. The Labute approximate surface area is 194 Å². The lowest BCUT2D eigenvalue weighted by Crippen LogP contribution is -2.41. The summed E-state index contributed by atoms with van der Waals surface area (Å²) >= 11 is 2.92. The van der Waals surface area contributed by atoms with Crippen LogP contribution in [0.25, 0.3) is 10.6 Å². The van der Waals surface area contributed by atoms with Gasteiger partial charge in [-0.1, -0.05) is 18.2 Å². The molecule has 0 bridgehead atoms. The highest BCUT2D eigenvalue weighted by atomic mass is 32.2. The van der Waals surface area contributed by atoms with Gasteiger partial charge in [0.1, 0.15) is 4.90 Å². The summed E-state index contributed by atoms with van der Waals surface area (Å²) in [6.07, 6.45) is 1.67. The number of carbonyl (C=O) groups excluding carboxylic acids is 1. The Balaban J connectivity index is 1.41. The molecule has 3 aromatic rings. The van der Waals surface area contributed by atoms with Gasteiger partial charge in [0, 0.05) is 30.6 Å². The molecule has 4 rings (SSSR count). The SMILES string of the molecule is CS(=O)(=O)c1ccccc1S(=O)(=O)N1CCC(C(=O)Nc2nc(-c3cccs3)cs2)CC1. The fourth-order valence-electron chi connectivity index (χ4n) is 3.54. The number of piperidine rings is 1. The quantitative estimate of drug-likeness (QED) is 0.543. The van der Waals surface area contributed by atoms with Crippen molar-refractivity contribution in [1.29, 1.82) is 0 Å². The number of hydrogen-bond acceptors (Lipinski definition) is 8. The van der Waals surface area contributed by atoms with E-state index in [0.29, 0.717) is 18.0 Å². The zero-order chi connectivity index (χ0) is 22.9. The molecule has 1 aromatic carbocycles. The van der Waals surface area contributed by atoms with Crippen LogP contribution in [-0.2, 0) is 24.7 Å². The zero-order valence-corrected chi connectivity index (χ0v) is 20.4. The highest BCUT2D eigenvalue weighted by molar-refractivity contribution is 7.93. The lowest BCUT2D eigenvalue weighted by molar-refractivity contribution is -0.120. The molecule has 170 valence electrons. The van der Waals surface area contributed by atoms with Crippen LogP contribution < -0.4 is 5.32 Å². The van der Waals surface area contributed by atoms with Gasteiger partial charge in [-0.2, -0.15) is 4.31 Å². The number of carbonyl (C=O) groups is 1. The van der Waals surface area contributed by atoms with Gasteiger partial charge in [-0.05, 0) is 36.4 Å². The molecular formula is C20H21N3O5S4. The Kier molecular flexibility index (Phi) is 6.50. The summed E-state index contributed by atoms with van der Waals surface area (Å²) in [6.45, 7) is 0.271. The molecule has 0 saturated carbocycles. The van der Waals surface area contributed by atoms with Crippen LogP contribution in [0.1, 0.15) is 12.8 Å².